The summed E-state index contributed by atoms with van der Waals surface area (Å²) >= 11 is 1.76. The molecular weight excluding hydrogens is 216 g/mol. The molecule has 1 aromatic heterocycles. The monoisotopic (exact) mass is 234 g/mol. The molecule has 0 atom stereocenters. The number of benzene rings is 1. The molecule has 2 N–H and O–H groups in total. The fraction of sp³-hybridized carbons (Fsp3) is 0.462. The molecule has 0 spiro atoms. The van der Waals surface area contributed by atoms with Crippen LogP contribution in [-0.4, -0.2) is 11.5 Å². The van der Waals surface area contributed by atoms with Crippen LogP contribution in [0, 0.1) is 13.8 Å². The molecule has 86 valence electrons. The molecule has 0 amide bonds. The largest absolute Gasteiger partial charge is 0.330 e. The van der Waals surface area contributed by atoms with Gasteiger partial charge >= 0.3 is 0 Å². The van der Waals surface area contributed by atoms with Gasteiger partial charge in [0.25, 0.3) is 0 Å². The Labute approximate surface area is 101 Å². The number of rotatable bonds is 2. The third kappa shape index (κ3) is 1.85. The maximum atomic E-state index is 5.79. The summed E-state index contributed by atoms with van der Waals surface area (Å²) in [4.78, 5) is 4.70. The van der Waals surface area contributed by atoms with Crippen LogP contribution in [-0.2, 0) is 5.41 Å². The van der Waals surface area contributed by atoms with Crippen LogP contribution in [0.4, 0.5) is 0 Å². The second-order valence-electron chi connectivity index (χ2n) is 5.01. The molecule has 0 radical (unpaired) electrons. The third-order valence-electron chi connectivity index (χ3n) is 3.09. The molecule has 2 nitrogen and oxygen atoms in total. The Morgan fingerprint density at radius 2 is 1.88 bits per heavy atom. The van der Waals surface area contributed by atoms with Crippen molar-refractivity contribution in [2.45, 2.75) is 33.1 Å². The molecule has 1 heterocycles. The molecule has 0 saturated carbocycles. The minimum Gasteiger partial charge on any atom is -0.330 e. The summed E-state index contributed by atoms with van der Waals surface area (Å²) in [5.41, 5.74) is 9.49. The molecule has 0 unspecified atom stereocenters. The van der Waals surface area contributed by atoms with Crippen LogP contribution in [0.15, 0.2) is 12.1 Å². The van der Waals surface area contributed by atoms with E-state index in [0.29, 0.717) is 6.54 Å². The summed E-state index contributed by atoms with van der Waals surface area (Å²) in [5.74, 6) is 0. The highest BCUT2D eigenvalue weighted by atomic mass is 32.1. The van der Waals surface area contributed by atoms with Gasteiger partial charge in [0.2, 0.25) is 0 Å². The van der Waals surface area contributed by atoms with Crippen molar-refractivity contribution in [1.82, 2.24) is 4.98 Å². The van der Waals surface area contributed by atoms with Gasteiger partial charge in [-0.3, -0.25) is 0 Å². The van der Waals surface area contributed by atoms with Crippen LogP contribution >= 0.6 is 11.3 Å². The highest BCUT2D eigenvalue weighted by Crippen LogP contribution is 2.32. The second kappa shape index (κ2) is 3.82. The Bertz CT molecular complexity index is 487. The summed E-state index contributed by atoms with van der Waals surface area (Å²) in [6, 6.07) is 4.38. The zero-order valence-electron chi connectivity index (χ0n) is 10.3. The smallest absolute Gasteiger partial charge is 0.101 e. The molecule has 0 aliphatic carbocycles. The first-order chi connectivity index (χ1) is 7.44. The first-order valence-corrected chi connectivity index (χ1v) is 6.34. The fourth-order valence-corrected chi connectivity index (χ4v) is 2.71. The quantitative estimate of drug-likeness (QED) is 0.867. The molecule has 2 rings (SSSR count). The Morgan fingerprint density at radius 3 is 2.50 bits per heavy atom. The molecular formula is C13H18N2S. The number of hydrogen-bond acceptors (Lipinski definition) is 3. The first-order valence-electron chi connectivity index (χ1n) is 5.52. The lowest BCUT2D eigenvalue weighted by Crippen LogP contribution is -2.27. The standard InChI is InChI=1S/C13H18N2S/c1-8-5-10-11(6-9(8)2)16-12(15-10)13(3,4)7-14/h5-6H,7,14H2,1-4H3. The highest BCUT2D eigenvalue weighted by Gasteiger charge is 2.23. The molecule has 0 fully saturated rings. The van der Waals surface area contributed by atoms with Gasteiger partial charge in [0.1, 0.15) is 5.01 Å². The molecule has 1 aromatic carbocycles. The lowest BCUT2D eigenvalue weighted by molar-refractivity contribution is 0.536. The first kappa shape index (κ1) is 11.6. The predicted molar refractivity (Wildman–Crippen MR) is 71.2 cm³/mol. The number of thiazole rings is 1. The van der Waals surface area contributed by atoms with Crippen LogP contribution in [0.5, 0.6) is 0 Å². The van der Waals surface area contributed by atoms with E-state index in [9.17, 15) is 0 Å². The number of nitrogens with zero attached hydrogens (tertiary/aromatic N) is 1. The molecule has 0 aliphatic heterocycles. The van der Waals surface area contributed by atoms with Gasteiger partial charge in [-0.15, -0.1) is 11.3 Å². The van der Waals surface area contributed by atoms with Crippen LogP contribution in [0.2, 0.25) is 0 Å². The topological polar surface area (TPSA) is 38.9 Å². The third-order valence-corrected chi connectivity index (χ3v) is 4.48. The Kier molecular flexibility index (Phi) is 2.76. The van der Waals surface area contributed by atoms with Gasteiger partial charge in [0.15, 0.2) is 0 Å². The summed E-state index contributed by atoms with van der Waals surface area (Å²) in [6.07, 6.45) is 0. The van der Waals surface area contributed by atoms with Gasteiger partial charge in [-0.2, -0.15) is 0 Å². The van der Waals surface area contributed by atoms with Gasteiger partial charge in [0.05, 0.1) is 10.2 Å². The zero-order valence-corrected chi connectivity index (χ0v) is 11.1. The molecule has 0 saturated heterocycles. The molecule has 0 bridgehead atoms. The van der Waals surface area contributed by atoms with Crippen molar-refractivity contribution in [1.29, 1.82) is 0 Å². The minimum absolute atomic E-state index is 0.0223. The summed E-state index contributed by atoms with van der Waals surface area (Å²) in [5, 5.41) is 1.13. The van der Waals surface area contributed by atoms with E-state index in [2.05, 4.69) is 39.8 Å². The van der Waals surface area contributed by atoms with E-state index in [-0.39, 0.29) is 5.41 Å². The Balaban J connectivity index is 2.61. The van der Waals surface area contributed by atoms with E-state index in [0.717, 1.165) is 10.5 Å². The predicted octanol–water partition coefficient (Wildman–Crippen LogP) is 3.15. The zero-order chi connectivity index (χ0) is 11.9. The Hall–Kier alpha value is -0.930. The molecule has 0 aliphatic rings. The minimum atomic E-state index is -0.0223. The highest BCUT2D eigenvalue weighted by molar-refractivity contribution is 7.18. The van der Waals surface area contributed by atoms with Crippen LogP contribution in [0.25, 0.3) is 10.2 Å². The van der Waals surface area contributed by atoms with Gasteiger partial charge in [-0.25, -0.2) is 4.98 Å². The fourth-order valence-electron chi connectivity index (χ4n) is 1.56. The summed E-state index contributed by atoms with van der Waals surface area (Å²) < 4.78 is 1.26. The van der Waals surface area contributed by atoms with Crippen molar-refractivity contribution in [3.63, 3.8) is 0 Å². The van der Waals surface area contributed by atoms with E-state index in [1.54, 1.807) is 11.3 Å². The molecule has 2 aromatic rings. The van der Waals surface area contributed by atoms with E-state index in [1.807, 2.05) is 0 Å². The van der Waals surface area contributed by atoms with E-state index in [4.69, 9.17) is 10.7 Å². The lowest BCUT2D eigenvalue weighted by Gasteiger charge is -2.18. The van der Waals surface area contributed by atoms with Crippen LogP contribution in [0.1, 0.15) is 30.0 Å². The van der Waals surface area contributed by atoms with Gasteiger partial charge in [-0.1, -0.05) is 13.8 Å². The number of aryl methyl sites for hydroxylation is 2. The van der Waals surface area contributed by atoms with Crippen molar-refractivity contribution in [2.75, 3.05) is 6.54 Å². The average molecular weight is 234 g/mol. The average Bonchev–Trinajstić information content (AvgIpc) is 2.62. The van der Waals surface area contributed by atoms with Gasteiger partial charge in [-0.05, 0) is 37.1 Å². The van der Waals surface area contributed by atoms with Crippen LogP contribution in [0.3, 0.4) is 0 Å². The second-order valence-corrected chi connectivity index (χ2v) is 6.04. The molecule has 3 heteroatoms. The van der Waals surface area contributed by atoms with Crippen molar-refractivity contribution in [3.8, 4) is 0 Å². The summed E-state index contributed by atoms with van der Waals surface area (Å²) in [7, 11) is 0. The van der Waals surface area contributed by atoms with E-state index >= 15 is 0 Å². The number of nitrogens with two attached hydrogens (primary N) is 1. The normalized spacial score (nSPS) is 12.3. The van der Waals surface area contributed by atoms with E-state index in [1.165, 1.54) is 15.8 Å². The van der Waals surface area contributed by atoms with Gasteiger partial charge < -0.3 is 5.73 Å². The number of fused-ring (bicyclic) bond motifs is 1. The van der Waals surface area contributed by atoms with Crippen LogP contribution < -0.4 is 5.73 Å². The van der Waals surface area contributed by atoms with Crippen molar-refractivity contribution >= 4 is 21.6 Å². The number of hydrogen-bond donors (Lipinski definition) is 1. The Morgan fingerprint density at radius 1 is 1.25 bits per heavy atom. The van der Waals surface area contributed by atoms with Crippen molar-refractivity contribution in [3.05, 3.63) is 28.3 Å². The molecule has 16 heavy (non-hydrogen) atoms. The maximum absolute atomic E-state index is 5.79. The summed E-state index contributed by atoms with van der Waals surface area (Å²) in [6.45, 7) is 9.18. The van der Waals surface area contributed by atoms with Crippen molar-refractivity contribution < 1.29 is 0 Å². The maximum Gasteiger partial charge on any atom is 0.101 e. The lowest BCUT2D eigenvalue weighted by atomic mass is 9.95. The van der Waals surface area contributed by atoms with E-state index < -0.39 is 0 Å². The SMILES string of the molecule is Cc1cc2nc(C(C)(C)CN)sc2cc1C. The van der Waals surface area contributed by atoms with Gasteiger partial charge in [0, 0.05) is 12.0 Å². The number of aromatic nitrogens is 1. The van der Waals surface area contributed by atoms with Crippen molar-refractivity contribution in [2.24, 2.45) is 5.73 Å².